The molecule has 0 radical (unpaired) electrons. The third-order valence-corrected chi connectivity index (χ3v) is 3.23. The molecule has 0 fully saturated rings. The molecule has 0 saturated heterocycles. The molecule has 2 aromatic rings. The molecule has 2 N–H and O–H groups in total. The molecule has 1 aromatic carbocycles. The number of nitrogens with zero attached hydrogens (tertiary/aromatic N) is 1. The molecule has 2 nitrogen and oxygen atoms in total. The van der Waals surface area contributed by atoms with Gasteiger partial charge in [-0.3, -0.25) is 0 Å². The fourth-order valence-electron chi connectivity index (χ4n) is 1.99. The number of hydrogen-bond acceptors (Lipinski definition) is 1. The van der Waals surface area contributed by atoms with Gasteiger partial charge in [-0.05, 0) is 35.2 Å². The second-order valence-corrected chi connectivity index (χ2v) is 5.14. The maximum Gasteiger partial charge on any atom is 0.159 e. The summed E-state index contributed by atoms with van der Waals surface area (Å²) in [4.78, 5) is 0. The van der Waals surface area contributed by atoms with Gasteiger partial charge in [-0.2, -0.15) is 0 Å². The monoisotopic (exact) mass is 264 g/mol. The highest BCUT2D eigenvalue weighted by molar-refractivity contribution is 5.21. The first-order valence-electron chi connectivity index (χ1n) is 6.32. The Morgan fingerprint density at radius 2 is 1.89 bits per heavy atom. The first-order chi connectivity index (χ1) is 8.97. The van der Waals surface area contributed by atoms with Gasteiger partial charge in [0, 0.05) is 25.0 Å². The lowest BCUT2D eigenvalue weighted by Gasteiger charge is -2.13. The molecule has 1 aromatic heterocycles. The molecule has 0 saturated carbocycles. The molecule has 0 aliphatic carbocycles. The van der Waals surface area contributed by atoms with Crippen molar-refractivity contribution in [3.63, 3.8) is 0 Å². The molecule has 0 amide bonds. The lowest BCUT2D eigenvalue weighted by Crippen LogP contribution is -2.15. The average molecular weight is 264 g/mol. The molecule has 0 bridgehead atoms. The minimum absolute atomic E-state index is 0.00814. The summed E-state index contributed by atoms with van der Waals surface area (Å²) in [7, 11) is 0. The zero-order chi connectivity index (χ0) is 14.0. The number of benzene rings is 1. The minimum atomic E-state index is -0.821. The van der Waals surface area contributed by atoms with Crippen molar-refractivity contribution in [3.8, 4) is 0 Å². The zero-order valence-electron chi connectivity index (χ0n) is 11.1. The molecule has 0 aliphatic rings. The van der Waals surface area contributed by atoms with Crippen LogP contribution in [0.15, 0.2) is 36.7 Å². The summed E-state index contributed by atoms with van der Waals surface area (Å²) >= 11 is 0. The van der Waals surface area contributed by atoms with Gasteiger partial charge in [-0.1, -0.05) is 19.9 Å². The van der Waals surface area contributed by atoms with Crippen LogP contribution in [0.25, 0.3) is 0 Å². The summed E-state index contributed by atoms with van der Waals surface area (Å²) < 4.78 is 27.9. The third kappa shape index (κ3) is 3.20. The summed E-state index contributed by atoms with van der Waals surface area (Å²) in [6, 6.07) is 5.91. The normalized spacial score (nSPS) is 12.9. The predicted octanol–water partition coefficient (Wildman–Crippen LogP) is 3.47. The second-order valence-electron chi connectivity index (χ2n) is 5.14. The van der Waals surface area contributed by atoms with E-state index in [9.17, 15) is 8.78 Å². The van der Waals surface area contributed by atoms with E-state index in [0.717, 1.165) is 17.2 Å². The lowest BCUT2D eigenvalue weighted by molar-refractivity contribution is 0.506. The Labute approximate surface area is 111 Å². The van der Waals surface area contributed by atoms with Crippen LogP contribution in [0.3, 0.4) is 0 Å². The van der Waals surface area contributed by atoms with E-state index in [1.54, 1.807) is 6.07 Å². The summed E-state index contributed by atoms with van der Waals surface area (Å²) in [6.07, 6.45) is 3.85. The van der Waals surface area contributed by atoms with E-state index < -0.39 is 11.6 Å². The Bertz CT molecular complexity index is 561. The summed E-state index contributed by atoms with van der Waals surface area (Å²) in [6.45, 7) is 4.64. The van der Waals surface area contributed by atoms with E-state index in [4.69, 9.17) is 5.73 Å². The van der Waals surface area contributed by atoms with Crippen molar-refractivity contribution in [3.05, 3.63) is 59.4 Å². The van der Waals surface area contributed by atoms with Crippen molar-refractivity contribution in [2.24, 2.45) is 11.7 Å². The number of nitrogens with two attached hydrogens (primary N) is 1. The average Bonchev–Trinajstić information content (AvgIpc) is 2.81. The van der Waals surface area contributed by atoms with Crippen LogP contribution in [0.2, 0.25) is 0 Å². The number of hydrogen-bond donors (Lipinski definition) is 1. The first-order valence-corrected chi connectivity index (χ1v) is 6.32. The summed E-state index contributed by atoms with van der Waals surface area (Å²) in [5.41, 5.74) is 7.84. The van der Waals surface area contributed by atoms with E-state index in [1.165, 1.54) is 6.07 Å². The fourth-order valence-corrected chi connectivity index (χ4v) is 1.99. The molecule has 1 heterocycles. The zero-order valence-corrected chi connectivity index (χ0v) is 11.1. The molecule has 0 aliphatic heterocycles. The van der Waals surface area contributed by atoms with Crippen LogP contribution >= 0.6 is 0 Å². The van der Waals surface area contributed by atoms with Gasteiger partial charge in [-0.25, -0.2) is 8.78 Å². The topological polar surface area (TPSA) is 30.9 Å². The first kappa shape index (κ1) is 13.7. The Morgan fingerprint density at radius 1 is 1.16 bits per heavy atom. The van der Waals surface area contributed by atoms with Crippen molar-refractivity contribution in [2.75, 3.05) is 0 Å². The maximum atomic E-state index is 13.1. The highest BCUT2D eigenvalue weighted by Gasteiger charge is 2.11. The molecule has 0 spiro atoms. The number of aromatic nitrogens is 1. The Morgan fingerprint density at radius 3 is 2.53 bits per heavy atom. The predicted molar refractivity (Wildman–Crippen MR) is 71.7 cm³/mol. The Hall–Kier alpha value is -1.68. The largest absolute Gasteiger partial charge is 0.350 e. The van der Waals surface area contributed by atoms with Gasteiger partial charge >= 0.3 is 0 Å². The van der Waals surface area contributed by atoms with Gasteiger partial charge in [-0.15, -0.1) is 0 Å². The van der Waals surface area contributed by atoms with Gasteiger partial charge in [0.2, 0.25) is 0 Å². The van der Waals surface area contributed by atoms with Gasteiger partial charge in [0.15, 0.2) is 11.6 Å². The lowest BCUT2D eigenvalue weighted by atomic mass is 10.00. The van der Waals surface area contributed by atoms with Crippen LogP contribution in [0.5, 0.6) is 0 Å². The van der Waals surface area contributed by atoms with Gasteiger partial charge in [0.05, 0.1) is 0 Å². The van der Waals surface area contributed by atoms with Crippen LogP contribution in [0.1, 0.15) is 31.0 Å². The van der Waals surface area contributed by atoms with Crippen molar-refractivity contribution in [1.29, 1.82) is 0 Å². The van der Waals surface area contributed by atoms with E-state index in [-0.39, 0.29) is 6.04 Å². The smallest absolute Gasteiger partial charge is 0.159 e. The van der Waals surface area contributed by atoms with E-state index in [1.807, 2.05) is 23.0 Å². The van der Waals surface area contributed by atoms with Crippen LogP contribution in [0.4, 0.5) is 8.78 Å². The van der Waals surface area contributed by atoms with Crippen LogP contribution in [-0.2, 0) is 6.54 Å². The van der Waals surface area contributed by atoms with Gasteiger partial charge < -0.3 is 10.3 Å². The summed E-state index contributed by atoms with van der Waals surface area (Å²) in [5, 5.41) is 0. The molecular formula is C15H18F2N2. The van der Waals surface area contributed by atoms with Crippen molar-refractivity contribution >= 4 is 0 Å². The van der Waals surface area contributed by atoms with Crippen molar-refractivity contribution in [1.82, 2.24) is 4.57 Å². The Kier molecular flexibility index (Phi) is 4.00. The Balaban J connectivity index is 2.13. The molecule has 102 valence electrons. The SMILES string of the molecule is CC(C)C(N)c1ccn(Cc2ccc(F)c(F)c2)c1. The van der Waals surface area contributed by atoms with E-state index >= 15 is 0 Å². The van der Waals surface area contributed by atoms with E-state index in [0.29, 0.717) is 12.5 Å². The van der Waals surface area contributed by atoms with Crippen LogP contribution in [0, 0.1) is 17.6 Å². The van der Waals surface area contributed by atoms with Crippen molar-refractivity contribution in [2.45, 2.75) is 26.4 Å². The summed E-state index contributed by atoms with van der Waals surface area (Å²) in [5.74, 6) is -1.28. The standard InChI is InChI=1S/C15H18F2N2/c1-10(2)15(18)12-5-6-19(9-12)8-11-3-4-13(16)14(17)7-11/h3-7,9-10,15H,8,18H2,1-2H3. The molecule has 2 rings (SSSR count). The molecule has 1 unspecified atom stereocenters. The highest BCUT2D eigenvalue weighted by Crippen LogP contribution is 2.19. The minimum Gasteiger partial charge on any atom is -0.350 e. The number of halogens is 2. The van der Waals surface area contributed by atoms with Crippen LogP contribution < -0.4 is 5.73 Å². The second kappa shape index (κ2) is 5.53. The molecule has 19 heavy (non-hydrogen) atoms. The van der Waals surface area contributed by atoms with Gasteiger partial charge in [0.1, 0.15) is 0 Å². The third-order valence-electron chi connectivity index (χ3n) is 3.23. The molecular weight excluding hydrogens is 246 g/mol. The molecule has 4 heteroatoms. The highest BCUT2D eigenvalue weighted by atomic mass is 19.2. The maximum absolute atomic E-state index is 13.1. The van der Waals surface area contributed by atoms with Crippen molar-refractivity contribution < 1.29 is 8.78 Å². The fraction of sp³-hybridized carbons (Fsp3) is 0.333. The molecule has 1 atom stereocenters. The van der Waals surface area contributed by atoms with Gasteiger partial charge in [0.25, 0.3) is 0 Å². The van der Waals surface area contributed by atoms with E-state index in [2.05, 4.69) is 13.8 Å². The quantitative estimate of drug-likeness (QED) is 0.900. The number of rotatable bonds is 4. The van der Waals surface area contributed by atoms with Crippen LogP contribution in [-0.4, -0.2) is 4.57 Å².